The summed E-state index contributed by atoms with van der Waals surface area (Å²) in [6, 6.07) is 8.88. The number of halogens is 1. The zero-order valence-electron chi connectivity index (χ0n) is 16.0. The Hall–Kier alpha value is -3.00. The van der Waals surface area contributed by atoms with E-state index in [2.05, 4.69) is 15.2 Å². The van der Waals surface area contributed by atoms with Crippen LogP contribution in [0.25, 0.3) is 11.1 Å². The molecular formula is C21H19FN4O2S. The molecule has 0 spiro atoms. The topological polar surface area (TPSA) is 67.3 Å². The third-order valence-electron chi connectivity index (χ3n) is 5.07. The van der Waals surface area contributed by atoms with Crippen LogP contribution in [0.3, 0.4) is 0 Å². The lowest BCUT2D eigenvalue weighted by Gasteiger charge is -2.29. The van der Waals surface area contributed by atoms with Crippen molar-refractivity contribution >= 4 is 28.1 Å². The second kappa shape index (κ2) is 6.52. The average Bonchev–Trinajstić information content (AvgIpc) is 3.10. The summed E-state index contributed by atoms with van der Waals surface area (Å²) in [6.07, 6.45) is 2.21. The first kappa shape index (κ1) is 18.1. The Bertz CT molecular complexity index is 1110. The second-order valence-corrected chi connectivity index (χ2v) is 8.82. The molecule has 0 fully saturated rings. The van der Waals surface area contributed by atoms with Gasteiger partial charge in [-0.3, -0.25) is 4.79 Å². The van der Waals surface area contributed by atoms with E-state index >= 15 is 0 Å². The third-order valence-corrected chi connectivity index (χ3v) is 6.19. The summed E-state index contributed by atoms with van der Waals surface area (Å²) in [5.74, 6) is 0.180. The number of anilines is 2. The van der Waals surface area contributed by atoms with Crippen molar-refractivity contribution in [3.05, 3.63) is 53.0 Å². The first-order valence-corrected chi connectivity index (χ1v) is 10.2. The maximum atomic E-state index is 13.2. The van der Waals surface area contributed by atoms with Crippen LogP contribution in [0.2, 0.25) is 0 Å². The number of aromatic nitrogens is 2. The molecule has 2 aliphatic heterocycles. The molecule has 2 aliphatic rings. The van der Waals surface area contributed by atoms with Crippen LogP contribution in [0.5, 0.6) is 5.75 Å². The third kappa shape index (κ3) is 3.23. The van der Waals surface area contributed by atoms with Crippen molar-refractivity contribution in [1.29, 1.82) is 0 Å². The van der Waals surface area contributed by atoms with E-state index in [1.165, 1.54) is 23.6 Å². The zero-order chi connectivity index (χ0) is 20.2. The molecule has 29 heavy (non-hydrogen) atoms. The van der Waals surface area contributed by atoms with Gasteiger partial charge in [0.2, 0.25) is 5.95 Å². The van der Waals surface area contributed by atoms with E-state index in [4.69, 9.17) is 9.72 Å². The highest BCUT2D eigenvalue weighted by Crippen LogP contribution is 2.42. The van der Waals surface area contributed by atoms with Crippen LogP contribution < -0.4 is 15.0 Å². The van der Waals surface area contributed by atoms with E-state index in [9.17, 15) is 9.18 Å². The van der Waals surface area contributed by atoms with Crippen molar-refractivity contribution in [3.8, 4) is 16.9 Å². The molecule has 1 aromatic carbocycles. The Kier molecular flexibility index (Phi) is 4.06. The Morgan fingerprint density at radius 2 is 2.07 bits per heavy atom. The number of amides is 1. The van der Waals surface area contributed by atoms with Crippen LogP contribution in [-0.4, -0.2) is 34.6 Å². The fourth-order valence-corrected chi connectivity index (χ4v) is 4.74. The van der Waals surface area contributed by atoms with Gasteiger partial charge in [-0.25, -0.2) is 9.97 Å². The standard InChI is InChI=1S/C21H19FN4O2S/c1-21(2)10-14-18(19(27)25-21)29-20(24-14)26-7-8-28-16-5-3-12(9-15(16)26)13-4-6-17(22)23-11-13/h3-6,9,11H,7-8,10H2,1-2H3,(H,25,27). The summed E-state index contributed by atoms with van der Waals surface area (Å²) in [6.45, 7) is 5.17. The van der Waals surface area contributed by atoms with E-state index in [0.717, 1.165) is 33.4 Å². The first-order chi connectivity index (χ1) is 13.9. The molecule has 0 atom stereocenters. The number of pyridine rings is 1. The van der Waals surface area contributed by atoms with E-state index in [0.29, 0.717) is 24.4 Å². The van der Waals surface area contributed by atoms with Crippen LogP contribution in [0.1, 0.15) is 29.2 Å². The number of ether oxygens (including phenoxy) is 1. The molecule has 0 saturated carbocycles. The molecule has 5 rings (SSSR count). The van der Waals surface area contributed by atoms with Crippen LogP contribution in [0, 0.1) is 5.95 Å². The van der Waals surface area contributed by atoms with Crippen molar-refractivity contribution in [1.82, 2.24) is 15.3 Å². The minimum absolute atomic E-state index is 0.0698. The second-order valence-electron chi connectivity index (χ2n) is 7.84. The first-order valence-electron chi connectivity index (χ1n) is 9.38. The normalized spacial score (nSPS) is 17.2. The van der Waals surface area contributed by atoms with Gasteiger partial charge >= 0.3 is 0 Å². The lowest BCUT2D eigenvalue weighted by molar-refractivity contribution is 0.0901. The number of hydrogen-bond donors (Lipinski definition) is 1. The fraction of sp³-hybridized carbons (Fsp3) is 0.286. The largest absolute Gasteiger partial charge is 0.490 e. The van der Waals surface area contributed by atoms with Crippen LogP contribution in [0.4, 0.5) is 15.2 Å². The number of rotatable bonds is 2. The Morgan fingerprint density at radius 1 is 1.24 bits per heavy atom. The highest BCUT2D eigenvalue weighted by Gasteiger charge is 2.34. The van der Waals surface area contributed by atoms with Crippen LogP contribution in [0.15, 0.2) is 36.5 Å². The summed E-state index contributed by atoms with van der Waals surface area (Å²) in [7, 11) is 0. The molecular weight excluding hydrogens is 391 g/mol. The predicted octanol–water partition coefficient (Wildman–Crippen LogP) is 3.94. The van der Waals surface area contributed by atoms with Crippen LogP contribution in [-0.2, 0) is 6.42 Å². The van der Waals surface area contributed by atoms with Crippen molar-refractivity contribution in [2.24, 2.45) is 0 Å². The van der Waals surface area contributed by atoms with Gasteiger partial charge in [0.1, 0.15) is 17.2 Å². The number of nitrogens with zero attached hydrogens (tertiary/aromatic N) is 3. The van der Waals surface area contributed by atoms with Gasteiger partial charge in [-0.05, 0) is 43.7 Å². The molecule has 0 unspecified atom stereocenters. The number of hydrogen-bond acceptors (Lipinski definition) is 6. The highest BCUT2D eigenvalue weighted by molar-refractivity contribution is 7.17. The number of fused-ring (bicyclic) bond motifs is 2. The molecule has 2 aromatic heterocycles. The Morgan fingerprint density at radius 3 is 2.86 bits per heavy atom. The smallest absolute Gasteiger partial charge is 0.263 e. The molecule has 6 nitrogen and oxygen atoms in total. The molecule has 3 aromatic rings. The lowest BCUT2D eigenvalue weighted by atomic mass is 9.94. The minimum Gasteiger partial charge on any atom is -0.490 e. The monoisotopic (exact) mass is 410 g/mol. The number of carbonyl (C=O) groups is 1. The van der Waals surface area contributed by atoms with E-state index < -0.39 is 5.95 Å². The predicted molar refractivity (Wildman–Crippen MR) is 109 cm³/mol. The Balaban J connectivity index is 1.55. The lowest BCUT2D eigenvalue weighted by Crippen LogP contribution is -2.48. The van der Waals surface area contributed by atoms with Gasteiger partial charge < -0.3 is 15.0 Å². The number of benzene rings is 1. The van der Waals surface area contributed by atoms with Crippen molar-refractivity contribution in [3.63, 3.8) is 0 Å². The highest BCUT2D eigenvalue weighted by atomic mass is 32.1. The summed E-state index contributed by atoms with van der Waals surface area (Å²) in [5, 5.41) is 3.81. The molecule has 0 saturated heterocycles. The molecule has 0 bridgehead atoms. The fourth-order valence-electron chi connectivity index (χ4n) is 3.72. The van der Waals surface area contributed by atoms with E-state index in [-0.39, 0.29) is 11.4 Å². The maximum Gasteiger partial charge on any atom is 0.263 e. The van der Waals surface area contributed by atoms with Gasteiger partial charge in [0.25, 0.3) is 5.91 Å². The van der Waals surface area contributed by atoms with Gasteiger partial charge in [0, 0.05) is 23.7 Å². The summed E-state index contributed by atoms with van der Waals surface area (Å²) in [5.41, 5.74) is 3.14. The molecule has 148 valence electrons. The molecule has 4 heterocycles. The maximum absolute atomic E-state index is 13.2. The molecule has 8 heteroatoms. The summed E-state index contributed by atoms with van der Waals surface area (Å²) >= 11 is 1.40. The number of nitrogens with one attached hydrogen (secondary N) is 1. The molecule has 1 amide bonds. The van der Waals surface area contributed by atoms with Gasteiger partial charge in [-0.2, -0.15) is 4.39 Å². The SMILES string of the molecule is CC1(C)Cc2nc(N3CCOc4ccc(-c5ccc(F)nc5)cc43)sc2C(=O)N1. The molecule has 1 N–H and O–H groups in total. The van der Waals surface area contributed by atoms with Gasteiger partial charge in [0.15, 0.2) is 5.13 Å². The average molecular weight is 410 g/mol. The summed E-state index contributed by atoms with van der Waals surface area (Å²) in [4.78, 5) is 23.8. The number of carbonyl (C=O) groups excluding carboxylic acids is 1. The molecule has 0 radical (unpaired) electrons. The van der Waals surface area contributed by atoms with Gasteiger partial charge in [-0.1, -0.05) is 17.4 Å². The van der Waals surface area contributed by atoms with Crippen molar-refractivity contribution in [2.45, 2.75) is 25.8 Å². The summed E-state index contributed by atoms with van der Waals surface area (Å²) < 4.78 is 19.0. The Labute approximate surface area is 171 Å². The van der Waals surface area contributed by atoms with Gasteiger partial charge in [-0.15, -0.1) is 0 Å². The van der Waals surface area contributed by atoms with E-state index in [1.54, 1.807) is 6.07 Å². The minimum atomic E-state index is -0.508. The van der Waals surface area contributed by atoms with Crippen LogP contribution >= 0.6 is 11.3 Å². The van der Waals surface area contributed by atoms with Crippen molar-refractivity contribution < 1.29 is 13.9 Å². The molecule has 0 aliphatic carbocycles. The zero-order valence-corrected chi connectivity index (χ0v) is 16.8. The van der Waals surface area contributed by atoms with Gasteiger partial charge in [0.05, 0.1) is 17.9 Å². The quantitative estimate of drug-likeness (QED) is 0.648. The number of thiazole rings is 1. The van der Waals surface area contributed by atoms with E-state index in [1.807, 2.05) is 32.0 Å². The van der Waals surface area contributed by atoms with Crippen molar-refractivity contribution in [2.75, 3.05) is 18.1 Å².